The summed E-state index contributed by atoms with van der Waals surface area (Å²) in [7, 11) is 0. The molecule has 0 fully saturated rings. The maximum Gasteiger partial charge on any atom is 0.339 e. The van der Waals surface area contributed by atoms with Gasteiger partial charge in [-0.3, -0.25) is 0 Å². The monoisotopic (exact) mass is 352 g/mol. The van der Waals surface area contributed by atoms with Crippen LogP contribution in [0.4, 0.5) is 0 Å². The molecular formula is C18H18Cl2O3. The second-order valence-electron chi connectivity index (χ2n) is 6.50. The van der Waals surface area contributed by atoms with Crippen molar-refractivity contribution in [2.45, 2.75) is 33.1 Å². The second-order valence-corrected chi connectivity index (χ2v) is 7.32. The Labute approximate surface area is 145 Å². The molecule has 23 heavy (non-hydrogen) atoms. The van der Waals surface area contributed by atoms with Crippen molar-refractivity contribution in [3.05, 3.63) is 51.0 Å². The maximum atomic E-state index is 11.6. The number of carboxylic acids is 1. The molecule has 0 saturated carbocycles. The molecule has 0 heterocycles. The molecule has 122 valence electrons. The van der Waals surface area contributed by atoms with E-state index in [2.05, 4.69) is 0 Å². The highest BCUT2D eigenvalue weighted by atomic mass is 35.5. The summed E-state index contributed by atoms with van der Waals surface area (Å²) in [5.41, 5.74) is 2.03. The molecular weight excluding hydrogens is 335 g/mol. The number of aromatic hydroxyl groups is 1. The van der Waals surface area contributed by atoms with Crippen molar-refractivity contribution in [3.63, 3.8) is 0 Å². The zero-order valence-corrected chi connectivity index (χ0v) is 14.9. The van der Waals surface area contributed by atoms with Crippen LogP contribution in [0.5, 0.6) is 5.75 Å². The number of carbonyl (C=O) groups is 1. The van der Waals surface area contributed by atoms with Crippen molar-refractivity contribution >= 4 is 29.2 Å². The minimum Gasteiger partial charge on any atom is -0.507 e. The highest BCUT2D eigenvalue weighted by Gasteiger charge is 2.27. The Morgan fingerprint density at radius 3 is 2.17 bits per heavy atom. The standard InChI is InChI=1S/C18H18Cl2O3/c1-9-11(10-5-6-13(19)14(20)7-10)8-12(18(2,3)4)16(21)15(9)17(22)23/h5-8,21H,1-4H3,(H,22,23). The van der Waals surface area contributed by atoms with Crippen LogP contribution in [-0.2, 0) is 5.41 Å². The number of benzene rings is 2. The molecule has 0 aliphatic carbocycles. The van der Waals surface area contributed by atoms with Gasteiger partial charge in [-0.25, -0.2) is 4.79 Å². The summed E-state index contributed by atoms with van der Waals surface area (Å²) in [6.45, 7) is 7.43. The van der Waals surface area contributed by atoms with Crippen LogP contribution in [0.1, 0.15) is 42.3 Å². The number of hydrogen-bond donors (Lipinski definition) is 2. The summed E-state index contributed by atoms with van der Waals surface area (Å²) in [6, 6.07) is 6.96. The minimum atomic E-state index is -1.16. The van der Waals surface area contributed by atoms with Gasteiger partial charge in [0.25, 0.3) is 0 Å². The van der Waals surface area contributed by atoms with E-state index >= 15 is 0 Å². The summed E-state index contributed by atoms with van der Waals surface area (Å²) < 4.78 is 0. The van der Waals surface area contributed by atoms with Gasteiger partial charge in [0.1, 0.15) is 11.3 Å². The lowest BCUT2D eigenvalue weighted by molar-refractivity contribution is 0.0692. The number of hydrogen-bond acceptors (Lipinski definition) is 2. The Kier molecular flexibility index (Phi) is 4.65. The van der Waals surface area contributed by atoms with Gasteiger partial charge < -0.3 is 10.2 Å². The van der Waals surface area contributed by atoms with Gasteiger partial charge in [0, 0.05) is 5.56 Å². The van der Waals surface area contributed by atoms with E-state index in [0.29, 0.717) is 26.7 Å². The van der Waals surface area contributed by atoms with E-state index in [1.165, 1.54) is 0 Å². The van der Waals surface area contributed by atoms with E-state index in [1.807, 2.05) is 26.8 Å². The fourth-order valence-electron chi connectivity index (χ4n) is 2.56. The molecule has 0 atom stereocenters. The average Bonchev–Trinajstić information content (AvgIpc) is 2.40. The first-order chi connectivity index (χ1) is 10.5. The Morgan fingerprint density at radius 1 is 1.09 bits per heavy atom. The van der Waals surface area contributed by atoms with Crippen LogP contribution in [0.15, 0.2) is 24.3 Å². The van der Waals surface area contributed by atoms with Crippen LogP contribution in [-0.4, -0.2) is 16.2 Å². The van der Waals surface area contributed by atoms with Gasteiger partial charge in [-0.05, 0) is 47.2 Å². The number of carboxylic acid groups (broad SMARTS) is 1. The highest BCUT2D eigenvalue weighted by molar-refractivity contribution is 6.42. The Morgan fingerprint density at radius 2 is 1.70 bits per heavy atom. The van der Waals surface area contributed by atoms with Gasteiger partial charge in [-0.2, -0.15) is 0 Å². The Bertz CT molecular complexity index is 790. The molecule has 0 aromatic heterocycles. The van der Waals surface area contributed by atoms with E-state index in [9.17, 15) is 15.0 Å². The summed E-state index contributed by atoms with van der Waals surface area (Å²) in [5, 5.41) is 20.7. The fourth-order valence-corrected chi connectivity index (χ4v) is 2.86. The van der Waals surface area contributed by atoms with Gasteiger partial charge in [-0.15, -0.1) is 0 Å². The van der Waals surface area contributed by atoms with Gasteiger partial charge >= 0.3 is 5.97 Å². The van der Waals surface area contributed by atoms with Crippen LogP contribution in [0, 0.1) is 6.92 Å². The lowest BCUT2D eigenvalue weighted by Gasteiger charge is -2.24. The van der Waals surface area contributed by atoms with E-state index in [4.69, 9.17) is 23.2 Å². The summed E-state index contributed by atoms with van der Waals surface area (Å²) in [4.78, 5) is 11.6. The highest BCUT2D eigenvalue weighted by Crippen LogP contribution is 2.41. The van der Waals surface area contributed by atoms with Gasteiger partial charge in [0.15, 0.2) is 0 Å². The third-order valence-corrected chi connectivity index (χ3v) is 4.55. The quantitative estimate of drug-likeness (QED) is 0.731. The topological polar surface area (TPSA) is 57.5 Å². The van der Waals surface area contributed by atoms with Crippen molar-refractivity contribution in [2.75, 3.05) is 0 Å². The van der Waals surface area contributed by atoms with Crippen molar-refractivity contribution in [1.29, 1.82) is 0 Å². The molecule has 0 radical (unpaired) electrons. The van der Waals surface area contributed by atoms with Crippen LogP contribution in [0.2, 0.25) is 10.0 Å². The first-order valence-corrected chi connectivity index (χ1v) is 7.85. The number of phenols is 1. The first-order valence-electron chi connectivity index (χ1n) is 7.09. The average molecular weight is 353 g/mol. The largest absolute Gasteiger partial charge is 0.507 e. The molecule has 3 nitrogen and oxygen atoms in total. The van der Waals surface area contributed by atoms with Gasteiger partial charge in [-0.1, -0.05) is 50.0 Å². The predicted molar refractivity (Wildman–Crippen MR) is 94.0 cm³/mol. The van der Waals surface area contributed by atoms with Gasteiger partial charge in [0.2, 0.25) is 0 Å². The normalized spacial score (nSPS) is 11.6. The molecule has 0 unspecified atom stereocenters. The molecule has 0 bridgehead atoms. The van der Waals surface area contributed by atoms with Crippen molar-refractivity contribution in [1.82, 2.24) is 0 Å². The lowest BCUT2D eigenvalue weighted by Crippen LogP contribution is -2.15. The fraction of sp³-hybridized carbons (Fsp3) is 0.278. The molecule has 0 aliphatic heterocycles. The molecule has 0 aliphatic rings. The number of rotatable bonds is 2. The second kappa shape index (κ2) is 6.06. The maximum absolute atomic E-state index is 11.6. The molecule has 0 saturated heterocycles. The van der Waals surface area contributed by atoms with E-state index in [-0.39, 0.29) is 11.3 Å². The predicted octanol–water partition coefficient (Wildman–Crippen LogP) is 5.67. The van der Waals surface area contributed by atoms with Crippen molar-refractivity contribution in [3.8, 4) is 16.9 Å². The Balaban J connectivity index is 2.85. The van der Waals surface area contributed by atoms with E-state index in [1.54, 1.807) is 25.1 Å². The van der Waals surface area contributed by atoms with Crippen molar-refractivity contribution in [2.24, 2.45) is 0 Å². The SMILES string of the molecule is Cc1c(-c2ccc(Cl)c(Cl)c2)cc(C(C)(C)C)c(O)c1C(=O)O. The summed E-state index contributed by atoms with van der Waals surface area (Å²) in [6.07, 6.45) is 0. The minimum absolute atomic E-state index is 0.0847. The van der Waals surface area contributed by atoms with E-state index in [0.717, 1.165) is 5.56 Å². The third-order valence-electron chi connectivity index (χ3n) is 3.81. The molecule has 2 rings (SSSR count). The summed E-state index contributed by atoms with van der Waals surface area (Å²) >= 11 is 12.0. The molecule has 0 amide bonds. The molecule has 5 heteroatoms. The zero-order valence-electron chi connectivity index (χ0n) is 13.4. The van der Waals surface area contributed by atoms with Crippen LogP contribution in [0.25, 0.3) is 11.1 Å². The third kappa shape index (κ3) is 3.31. The van der Waals surface area contributed by atoms with E-state index < -0.39 is 11.4 Å². The molecule has 2 N–H and O–H groups in total. The van der Waals surface area contributed by atoms with Crippen LogP contribution >= 0.6 is 23.2 Å². The Hall–Kier alpha value is -1.71. The molecule has 2 aromatic rings. The number of halogens is 2. The number of aromatic carboxylic acids is 1. The first kappa shape index (κ1) is 17.6. The molecule has 0 spiro atoms. The van der Waals surface area contributed by atoms with Crippen LogP contribution in [0.3, 0.4) is 0 Å². The molecule has 2 aromatic carbocycles. The van der Waals surface area contributed by atoms with Crippen molar-refractivity contribution < 1.29 is 15.0 Å². The smallest absolute Gasteiger partial charge is 0.339 e. The van der Waals surface area contributed by atoms with Crippen LogP contribution < -0.4 is 0 Å². The zero-order chi connectivity index (χ0) is 17.5. The lowest BCUT2D eigenvalue weighted by atomic mass is 9.81. The summed E-state index contributed by atoms with van der Waals surface area (Å²) in [5.74, 6) is -1.35. The van der Waals surface area contributed by atoms with Gasteiger partial charge in [0.05, 0.1) is 10.0 Å².